The number of rotatable bonds is 4. The molecular weight excluding hydrogens is 264 g/mol. The molecule has 4 nitrogen and oxygen atoms in total. The normalized spacial score (nSPS) is 29.7. The zero-order valence-electron chi connectivity index (χ0n) is 12.8. The van der Waals surface area contributed by atoms with E-state index < -0.39 is 0 Å². The van der Waals surface area contributed by atoms with Gasteiger partial charge in [0.1, 0.15) is 0 Å². The maximum Gasteiger partial charge on any atom is 0.230 e. The molecule has 0 heterocycles. The topological polar surface area (TPSA) is 49.4 Å². The van der Waals surface area contributed by atoms with E-state index in [0.29, 0.717) is 11.8 Å². The SMILES string of the molecule is C[C@@H]1C[C@@H]1C(=O)Nc1cccc(N(C)C(=O)[C@H]2C[C@@H]2C)c1. The molecule has 0 bridgehead atoms. The van der Waals surface area contributed by atoms with Crippen molar-refractivity contribution in [2.75, 3.05) is 17.3 Å². The molecular formula is C17H22N2O2. The summed E-state index contributed by atoms with van der Waals surface area (Å²) in [6.45, 7) is 4.19. The van der Waals surface area contributed by atoms with Gasteiger partial charge in [-0.2, -0.15) is 0 Å². The first kappa shape index (κ1) is 14.1. The minimum Gasteiger partial charge on any atom is -0.326 e. The van der Waals surface area contributed by atoms with Crippen molar-refractivity contribution in [2.24, 2.45) is 23.7 Å². The molecule has 2 aliphatic rings. The predicted octanol–water partition coefficient (Wildman–Crippen LogP) is 2.90. The number of nitrogens with one attached hydrogen (secondary N) is 1. The van der Waals surface area contributed by atoms with Crippen LogP contribution in [0.25, 0.3) is 0 Å². The number of nitrogens with zero attached hydrogens (tertiary/aromatic N) is 1. The summed E-state index contributed by atoms with van der Waals surface area (Å²) in [5, 5.41) is 2.95. The van der Waals surface area contributed by atoms with Gasteiger partial charge in [-0.25, -0.2) is 0 Å². The van der Waals surface area contributed by atoms with Crippen LogP contribution in [0.5, 0.6) is 0 Å². The Labute approximate surface area is 125 Å². The fourth-order valence-corrected chi connectivity index (χ4v) is 2.76. The molecule has 0 aromatic heterocycles. The molecule has 0 saturated heterocycles. The Hall–Kier alpha value is -1.84. The van der Waals surface area contributed by atoms with Gasteiger partial charge in [-0.15, -0.1) is 0 Å². The first-order valence-electron chi connectivity index (χ1n) is 7.66. The second-order valence-corrected chi connectivity index (χ2v) is 6.58. The van der Waals surface area contributed by atoms with Gasteiger partial charge in [0.05, 0.1) is 0 Å². The van der Waals surface area contributed by atoms with E-state index >= 15 is 0 Å². The Morgan fingerprint density at radius 3 is 2.33 bits per heavy atom. The van der Waals surface area contributed by atoms with Gasteiger partial charge in [-0.3, -0.25) is 9.59 Å². The Balaban J connectivity index is 1.67. The van der Waals surface area contributed by atoms with Gasteiger partial charge >= 0.3 is 0 Å². The van der Waals surface area contributed by atoms with Crippen LogP contribution >= 0.6 is 0 Å². The van der Waals surface area contributed by atoms with Crippen molar-refractivity contribution in [1.29, 1.82) is 0 Å². The lowest BCUT2D eigenvalue weighted by Crippen LogP contribution is -2.28. The van der Waals surface area contributed by atoms with E-state index in [2.05, 4.69) is 19.2 Å². The Bertz CT molecular complexity index is 584. The summed E-state index contributed by atoms with van der Waals surface area (Å²) in [7, 11) is 1.80. The number of carbonyl (C=O) groups excluding carboxylic acids is 2. The molecule has 1 aromatic rings. The van der Waals surface area contributed by atoms with Crippen LogP contribution in [0, 0.1) is 23.7 Å². The van der Waals surface area contributed by atoms with E-state index in [0.717, 1.165) is 24.2 Å². The van der Waals surface area contributed by atoms with Crippen molar-refractivity contribution in [2.45, 2.75) is 26.7 Å². The van der Waals surface area contributed by atoms with Gasteiger partial charge in [0.15, 0.2) is 0 Å². The molecule has 4 atom stereocenters. The van der Waals surface area contributed by atoms with Crippen molar-refractivity contribution in [1.82, 2.24) is 0 Å². The summed E-state index contributed by atoms with van der Waals surface area (Å²) in [4.78, 5) is 25.9. The minimum atomic E-state index is 0.0874. The number of anilines is 2. The summed E-state index contributed by atoms with van der Waals surface area (Å²) in [5.41, 5.74) is 1.60. The molecule has 3 rings (SSSR count). The van der Waals surface area contributed by atoms with E-state index in [9.17, 15) is 9.59 Å². The first-order chi connectivity index (χ1) is 9.97. The number of hydrogen-bond donors (Lipinski definition) is 1. The second kappa shape index (κ2) is 5.17. The van der Waals surface area contributed by atoms with Gasteiger partial charge in [-0.1, -0.05) is 19.9 Å². The molecule has 0 unspecified atom stereocenters. The van der Waals surface area contributed by atoms with Crippen molar-refractivity contribution in [3.05, 3.63) is 24.3 Å². The van der Waals surface area contributed by atoms with Crippen LogP contribution in [-0.4, -0.2) is 18.9 Å². The molecule has 0 aliphatic heterocycles. The molecule has 0 radical (unpaired) electrons. The number of amides is 2. The summed E-state index contributed by atoms with van der Waals surface area (Å²) >= 11 is 0. The number of benzene rings is 1. The number of carbonyl (C=O) groups is 2. The smallest absolute Gasteiger partial charge is 0.230 e. The molecule has 2 saturated carbocycles. The largest absolute Gasteiger partial charge is 0.326 e. The molecule has 0 spiro atoms. The van der Waals surface area contributed by atoms with Crippen LogP contribution in [0.3, 0.4) is 0 Å². The maximum absolute atomic E-state index is 12.2. The van der Waals surface area contributed by atoms with Crippen molar-refractivity contribution < 1.29 is 9.59 Å². The van der Waals surface area contributed by atoms with Crippen molar-refractivity contribution >= 4 is 23.2 Å². The quantitative estimate of drug-likeness (QED) is 0.925. The predicted molar refractivity (Wildman–Crippen MR) is 83.0 cm³/mol. The van der Waals surface area contributed by atoms with E-state index in [1.165, 1.54) is 0 Å². The van der Waals surface area contributed by atoms with Crippen LogP contribution in [0.15, 0.2) is 24.3 Å². The van der Waals surface area contributed by atoms with Gasteiger partial charge in [0.2, 0.25) is 11.8 Å². The Morgan fingerprint density at radius 1 is 1.14 bits per heavy atom. The van der Waals surface area contributed by atoms with Crippen LogP contribution < -0.4 is 10.2 Å². The molecule has 2 fully saturated rings. The molecule has 112 valence electrons. The van der Waals surface area contributed by atoms with Gasteiger partial charge in [-0.05, 0) is 42.9 Å². The molecule has 2 aliphatic carbocycles. The summed E-state index contributed by atoms with van der Waals surface area (Å²) < 4.78 is 0. The Kier molecular flexibility index (Phi) is 3.47. The third kappa shape index (κ3) is 2.94. The highest BCUT2D eigenvalue weighted by Gasteiger charge is 2.41. The molecule has 21 heavy (non-hydrogen) atoms. The van der Waals surface area contributed by atoms with Crippen LogP contribution in [0.4, 0.5) is 11.4 Å². The summed E-state index contributed by atoms with van der Waals surface area (Å²) in [6.07, 6.45) is 1.96. The molecule has 1 aromatic carbocycles. The minimum absolute atomic E-state index is 0.0874. The fourth-order valence-electron chi connectivity index (χ4n) is 2.76. The average molecular weight is 286 g/mol. The Morgan fingerprint density at radius 2 is 1.76 bits per heavy atom. The molecule has 2 amide bonds. The second-order valence-electron chi connectivity index (χ2n) is 6.58. The molecule has 1 N–H and O–H groups in total. The summed E-state index contributed by atoms with van der Waals surface area (Å²) in [6, 6.07) is 7.52. The first-order valence-corrected chi connectivity index (χ1v) is 7.66. The third-order valence-corrected chi connectivity index (χ3v) is 4.70. The highest BCUT2D eigenvalue weighted by molar-refractivity contribution is 5.98. The van der Waals surface area contributed by atoms with E-state index in [4.69, 9.17) is 0 Å². The highest BCUT2D eigenvalue weighted by Crippen LogP contribution is 2.40. The van der Waals surface area contributed by atoms with Gasteiger partial charge in [0.25, 0.3) is 0 Å². The summed E-state index contributed by atoms with van der Waals surface area (Å²) in [5.74, 6) is 1.57. The van der Waals surface area contributed by atoms with E-state index in [-0.39, 0.29) is 23.7 Å². The zero-order chi connectivity index (χ0) is 15.1. The van der Waals surface area contributed by atoms with E-state index in [1.807, 2.05) is 24.3 Å². The lowest BCUT2D eigenvalue weighted by atomic mass is 10.2. The lowest BCUT2D eigenvalue weighted by molar-refractivity contribution is -0.120. The average Bonchev–Trinajstić information content (AvgIpc) is 3.36. The highest BCUT2D eigenvalue weighted by atomic mass is 16.2. The maximum atomic E-state index is 12.2. The molecule has 4 heteroatoms. The van der Waals surface area contributed by atoms with Crippen molar-refractivity contribution in [3.8, 4) is 0 Å². The van der Waals surface area contributed by atoms with Crippen molar-refractivity contribution in [3.63, 3.8) is 0 Å². The van der Waals surface area contributed by atoms with Crippen LogP contribution in [-0.2, 0) is 9.59 Å². The zero-order valence-corrected chi connectivity index (χ0v) is 12.8. The van der Waals surface area contributed by atoms with Gasteiger partial charge < -0.3 is 10.2 Å². The standard InChI is InChI=1S/C17H22N2O2/c1-10-7-14(10)16(20)18-12-5-4-6-13(9-12)19(3)17(21)15-8-11(15)2/h4-6,9-11,14-15H,7-8H2,1-3H3,(H,18,20)/t10-,11+,14+,15+/m1/s1. The van der Waals surface area contributed by atoms with Crippen LogP contribution in [0.1, 0.15) is 26.7 Å². The third-order valence-electron chi connectivity index (χ3n) is 4.70. The van der Waals surface area contributed by atoms with Gasteiger partial charge in [0, 0.05) is 30.3 Å². The number of hydrogen-bond acceptors (Lipinski definition) is 2. The monoisotopic (exact) mass is 286 g/mol. The van der Waals surface area contributed by atoms with Crippen LogP contribution in [0.2, 0.25) is 0 Å². The van der Waals surface area contributed by atoms with E-state index in [1.54, 1.807) is 11.9 Å². The lowest BCUT2D eigenvalue weighted by Gasteiger charge is -2.18. The fraction of sp³-hybridized carbons (Fsp3) is 0.529.